The highest BCUT2D eigenvalue weighted by Gasteiger charge is 2.29. The summed E-state index contributed by atoms with van der Waals surface area (Å²) >= 11 is 3.51. The fourth-order valence-corrected chi connectivity index (χ4v) is 24.0. The van der Waals surface area contributed by atoms with Gasteiger partial charge in [-0.3, -0.25) is 13.7 Å². The highest BCUT2D eigenvalue weighted by atomic mass is 32.1. The van der Waals surface area contributed by atoms with E-state index in [1.54, 1.807) is 22.7 Å². The number of fused-ring (bicyclic) bond motifs is 29. The van der Waals surface area contributed by atoms with Gasteiger partial charge in [-0.2, -0.15) is 0 Å². The molecule has 12 heteroatoms. The SMILES string of the molecule is c1ccc(-c2ccc3c(c2)oc2c(-c4ccccc4)nc(-n4c5cc6ccccc6cc5c5c6ccccc6ccc54)nc23)cc1.c1ccc(-c2ccc3sc4c(-c5ccccc5)nc(-n5c6cc7ccccc7cc6c6c7ccccc7ccc65)nc4c3c2)cc1.c1ccc2cc3c(cc2c1)c1cc2ccccc2cc1n3-c1nc(-c2cc3ccccc3c3ccccc23)c2c(n1)sc1ccccc12. The maximum absolute atomic E-state index is 6.63. The number of thiophene rings is 2. The molecule has 650 valence electrons. The number of aromatic nitrogens is 9. The number of rotatable bonds is 8. The Bertz CT molecular complexity index is 10500. The zero-order chi connectivity index (χ0) is 91.7. The van der Waals surface area contributed by atoms with Crippen LogP contribution in [0.25, 0.3) is 288 Å². The molecular weight excluding hydrogens is 1740 g/mol. The van der Waals surface area contributed by atoms with Crippen LogP contribution < -0.4 is 0 Å². The van der Waals surface area contributed by atoms with Crippen LogP contribution >= 0.6 is 22.7 Å². The van der Waals surface area contributed by atoms with E-state index >= 15 is 0 Å². The Kier molecular flexibility index (Phi) is 17.9. The topological polar surface area (TPSA) is 105 Å². The molecule has 9 heterocycles. The molecule has 0 aliphatic carbocycles. The molecule has 0 aliphatic rings. The maximum atomic E-state index is 6.63. The summed E-state index contributed by atoms with van der Waals surface area (Å²) in [5.41, 5.74) is 20.3. The molecule has 10 nitrogen and oxygen atoms in total. The van der Waals surface area contributed by atoms with E-state index in [0.29, 0.717) is 23.4 Å². The van der Waals surface area contributed by atoms with E-state index in [4.69, 9.17) is 34.3 Å². The van der Waals surface area contributed by atoms with Crippen LogP contribution in [0.5, 0.6) is 0 Å². The van der Waals surface area contributed by atoms with Crippen LogP contribution in [-0.2, 0) is 0 Å². The lowest BCUT2D eigenvalue weighted by atomic mass is 9.94. The Labute approximate surface area is 807 Å². The van der Waals surface area contributed by atoms with Crippen molar-refractivity contribution in [3.8, 4) is 73.9 Å². The third-order valence-electron chi connectivity index (χ3n) is 28.3. The van der Waals surface area contributed by atoms with Gasteiger partial charge >= 0.3 is 0 Å². The van der Waals surface area contributed by atoms with Gasteiger partial charge in [-0.15, -0.1) is 22.7 Å². The monoisotopic (exact) mass is 1820 g/mol. The molecule has 31 rings (SSSR count). The van der Waals surface area contributed by atoms with E-state index in [-0.39, 0.29) is 0 Å². The van der Waals surface area contributed by atoms with Crippen molar-refractivity contribution in [1.82, 2.24) is 43.6 Å². The molecule has 140 heavy (non-hydrogen) atoms. The fraction of sp³-hybridized carbons (Fsp3) is 0. The Morgan fingerprint density at radius 3 is 1.12 bits per heavy atom. The minimum atomic E-state index is 0.617. The predicted octanol–water partition coefficient (Wildman–Crippen LogP) is 34.9. The van der Waals surface area contributed by atoms with Crippen LogP contribution in [0.4, 0.5) is 0 Å². The number of benzene rings is 22. The summed E-state index contributed by atoms with van der Waals surface area (Å²) in [6, 6.07) is 162. The van der Waals surface area contributed by atoms with Gasteiger partial charge < -0.3 is 4.42 Å². The van der Waals surface area contributed by atoms with Gasteiger partial charge in [-0.25, -0.2) is 29.9 Å². The standard InChI is InChI=1S/C44H25N3S.C42H25N3O.C42H25N3S/c1-3-13-28-24-38-35(21-26(28)11-1)36-22-27-12-2-4-14-29(27)25-39(36)47(38)44-45-42(41-34-19-9-10-20-40(34)48-43(41)46-44)37-23-30-15-5-6-16-31(30)32-17-7-8-18-33(32)37;1-3-11-26(12-4-1)31-19-21-33-37(25-31)46-41-39(28-14-5-2-6-15-28)43-42(44-40(33)41)45-35-22-20-27-13-9-10-18-32(27)38(35)34-23-29-16-7-8-17-30(29)24-36(34)45;1-3-11-26(12-4-1)31-20-22-37-34(24-31)40-41(46-37)39(28-14-5-2-6-15-28)43-42(44-40)45-35-21-19-27-13-9-10-18-32(27)38(35)33-23-29-16-7-8-17-30(29)25-36(33)45/h1-25H;2*1-25H. The van der Waals surface area contributed by atoms with Crippen molar-refractivity contribution in [1.29, 1.82) is 0 Å². The van der Waals surface area contributed by atoms with Gasteiger partial charge in [-0.05, 0) is 205 Å². The molecule has 0 aliphatic heterocycles. The molecular formula is C128H75N9OS2. The molecule has 0 radical (unpaired) electrons. The van der Waals surface area contributed by atoms with E-state index in [9.17, 15) is 0 Å². The summed E-state index contributed by atoms with van der Waals surface area (Å²) in [4.78, 5) is 33.5. The third-order valence-corrected chi connectivity index (χ3v) is 30.5. The first-order chi connectivity index (χ1) is 69.4. The average molecular weight is 1820 g/mol. The van der Waals surface area contributed by atoms with Crippen molar-refractivity contribution in [3.63, 3.8) is 0 Å². The molecule has 0 saturated carbocycles. The molecule has 0 spiro atoms. The van der Waals surface area contributed by atoms with Crippen LogP contribution in [0, 0.1) is 0 Å². The largest absolute Gasteiger partial charge is 0.452 e. The number of nitrogens with zero attached hydrogens (tertiary/aromatic N) is 9. The summed E-state index contributed by atoms with van der Waals surface area (Å²) in [6.45, 7) is 0. The highest BCUT2D eigenvalue weighted by Crippen LogP contribution is 2.49. The predicted molar refractivity (Wildman–Crippen MR) is 589 cm³/mol. The zero-order valence-electron chi connectivity index (χ0n) is 75.1. The van der Waals surface area contributed by atoms with Crippen molar-refractivity contribution in [2.75, 3.05) is 0 Å². The van der Waals surface area contributed by atoms with Gasteiger partial charge in [0, 0.05) is 80.0 Å². The van der Waals surface area contributed by atoms with Crippen LogP contribution in [0.3, 0.4) is 0 Å². The normalized spacial score (nSPS) is 12.0. The van der Waals surface area contributed by atoms with E-state index < -0.39 is 0 Å². The lowest BCUT2D eigenvalue weighted by molar-refractivity contribution is 0.667. The second-order valence-corrected chi connectivity index (χ2v) is 38.3. The molecule has 0 unspecified atom stereocenters. The van der Waals surface area contributed by atoms with Gasteiger partial charge in [0.05, 0.1) is 54.7 Å². The maximum Gasteiger partial charge on any atom is 0.236 e. The molecule has 0 bridgehead atoms. The van der Waals surface area contributed by atoms with Gasteiger partial charge in [0.1, 0.15) is 21.6 Å². The number of furan rings is 1. The molecule has 9 aromatic heterocycles. The molecule has 0 saturated heterocycles. The first-order valence-corrected chi connectivity index (χ1v) is 48.9. The van der Waals surface area contributed by atoms with Crippen molar-refractivity contribution in [2.45, 2.75) is 0 Å². The summed E-state index contributed by atoms with van der Waals surface area (Å²) in [5.74, 6) is 1.99. The molecule has 22 aromatic carbocycles. The van der Waals surface area contributed by atoms with Crippen LogP contribution in [0.2, 0.25) is 0 Å². The lowest BCUT2D eigenvalue weighted by Crippen LogP contribution is -2.03. The van der Waals surface area contributed by atoms with E-state index in [0.717, 1.165) is 120 Å². The Morgan fingerprint density at radius 2 is 0.579 bits per heavy atom. The van der Waals surface area contributed by atoms with Gasteiger partial charge in [-0.1, -0.05) is 358 Å². The first-order valence-electron chi connectivity index (χ1n) is 47.3. The number of hydrogen-bond donors (Lipinski definition) is 0. The third kappa shape index (κ3) is 12.7. The smallest absolute Gasteiger partial charge is 0.236 e. The van der Waals surface area contributed by atoms with Gasteiger partial charge in [0.2, 0.25) is 17.8 Å². The highest BCUT2D eigenvalue weighted by molar-refractivity contribution is 7.26. The minimum absolute atomic E-state index is 0.617. The van der Waals surface area contributed by atoms with Crippen LogP contribution in [0.1, 0.15) is 0 Å². The second kappa shape index (κ2) is 31.7. The first kappa shape index (κ1) is 79.2. The molecule has 0 atom stereocenters. The van der Waals surface area contributed by atoms with Gasteiger partial charge in [0.25, 0.3) is 0 Å². The summed E-state index contributed by atoms with van der Waals surface area (Å²) in [5, 5.41) is 31.0. The summed E-state index contributed by atoms with van der Waals surface area (Å²) in [7, 11) is 0. The molecule has 0 fully saturated rings. The lowest BCUT2D eigenvalue weighted by Gasteiger charge is -2.14. The number of hydrogen-bond acceptors (Lipinski definition) is 9. The van der Waals surface area contributed by atoms with Crippen molar-refractivity contribution in [2.24, 2.45) is 0 Å². The Hall–Kier alpha value is -18.2. The molecule has 31 aromatic rings. The molecule has 0 amide bonds. The Morgan fingerprint density at radius 1 is 0.193 bits per heavy atom. The van der Waals surface area contributed by atoms with E-state index in [1.807, 2.05) is 24.3 Å². The van der Waals surface area contributed by atoms with Crippen molar-refractivity contribution in [3.05, 3.63) is 455 Å². The molecule has 0 N–H and O–H groups in total. The van der Waals surface area contributed by atoms with E-state index in [1.165, 1.54) is 144 Å². The second-order valence-electron chi connectivity index (χ2n) is 36.3. The van der Waals surface area contributed by atoms with Crippen LogP contribution in [-0.4, -0.2) is 43.6 Å². The van der Waals surface area contributed by atoms with Crippen LogP contribution in [0.15, 0.2) is 459 Å². The van der Waals surface area contributed by atoms with Crippen molar-refractivity contribution >= 4 is 237 Å². The van der Waals surface area contributed by atoms with Gasteiger partial charge in [0.15, 0.2) is 5.58 Å². The Balaban J connectivity index is 0.000000101. The summed E-state index contributed by atoms with van der Waals surface area (Å²) in [6.07, 6.45) is 0. The quantitative estimate of drug-likeness (QED) is 0.140. The van der Waals surface area contributed by atoms with Crippen molar-refractivity contribution < 1.29 is 4.42 Å². The summed E-state index contributed by atoms with van der Waals surface area (Å²) < 4.78 is 16.9. The fourth-order valence-electron chi connectivity index (χ4n) is 21.8. The average Bonchev–Trinajstić information content (AvgIpc) is 1.56. The zero-order valence-corrected chi connectivity index (χ0v) is 76.7. The van der Waals surface area contributed by atoms with E-state index in [2.05, 4.69) is 444 Å². The minimum Gasteiger partial charge on any atom is -0.452 e.